The van der Waals surface area contributed by atoms with Gasteiger partial charge in [0.05, 0.1) is 13.1 Å². The first kappa shape index (κ1) is 17.4. The molecular formula is C21H26N6O. The molecule has 0 atom stereocenters. The molecule has 2 aromatic heterocycles. The van der Waals surface area contributed by atoms with Gasteiger partial charge in [0, 0.05) is 35.8 Å². The minimum atomic E-state index is 0.0668. The van der Waals surface area contributed by atoms with Gasteiger partial charge < -0.3 is 14.5 Å². The maximum atomic E-state index is 13.1. The maximum absolute atomic E-state index is 13.1. The lowest BCUT2D eigenvalue weighted by atomic mass is 10.1. The highest BCUT2D eigenvalue weighted by Gasteiger charge is 2.24. The van der Waals surface area contributed by atoms with Crippen LogP contribution in [0.3, 0.4) is 0 Å². The van der Waals surface area contributed by atoms with Gasteiger partial charge in [0.1, 0.15) is 5.82 Å². The van der Waals surface area contributed by atoms with Crippen molar-refractivity contribution < 1.29 is 4.79 Å². The number of carbonyl (C=O) groups is 1. The zero-order chi connectivity index (χ0) is 18.9. The fourth-order valence-electron chi connectivity index (χ4n) is 4.39. The summed E-state index contributed by atoms with van der Waals surface area (Å²) in [5, 5.41) is 9.96. The van der Waals surface area contributed by atoms with Gasteiger partial charge in [0.15, 0.2) is 5.82 Å². The third kappa shape index (κ3) is 3.30. The molecule has 0 spiro atoms. The second kappa shape index (κ2) is 7.39. The van der Waals surface area contributed by atoms with Crippen LogP contribution in [0.2, 0.25) is 0 Å². The molecule has 1 aromatic carbocycles. The van der Waals surface area contributed by atoms with E-state index in [0.717, 1.165) is 67.3 Å². The lowest BCUT2D eigenvalue weighted by Crippen LogP contribution is -2.31. The van der Waals surface area contributed by atoms with Crippen LogP contribution in [0.1, 0.15) is 47.7 Å². The lowest BCUT2D eigenvalue weighted by molar-refractivity contribution is 0.0744. The SMILES string of the molecule is O=C(c1ccc2[nH]ccc2c1)N1CCCn2c(CN3CCCCC3)nnc2C1. The van der Waals surface area contributed by atoms with Gasteiger partial charge in [0.2, 0.25) is 0 Å². The topological polar surface area (TPSA) is 70.1 Å². The Kier molecular flexibility index (Phi) is 4.60. The molecule has 0 radical (unpaired) electrons. The van der Waals surface area contributed by atoms with Crippen molar-refractivity contribution in [2.45, 2.75) is 45.3 Å². The average molecular weight is 378 g/mol. The molecule has 2 aliphatic rings. The largest absolute Gasteiger partial charge is 0.361 e. The number of piperidine rings is 1. The molecule has 3 aromatic rings. The summed E-state index contributed by atoms with van der Waals surface area (Å²) >= 11 is 0. The summed E-state index contributed by atoms with van der Waals surface area (Å²) in [4.78, 5) is 20.7. The number of hydrogen-bond acceptors (Lipinski definition) is 4. The van der Waals surface area contributed by atoms with Crippen molar-refractivity contribution in [3.8, 4) is 0 Å². The van der Waals surface area contributed by atoms with E-state index in [-0.39, 0.29) is 5.91 Å². The molecule has 0 bridgehead atoms. The first-order valence-electron chi connectivity index (χ1n) is 10.3. The number of aromatic amines is 1. The van der Waals surface area contributed by atoms with Crippen LogP contribution in [0, 0.1) is 0 Å². The molecule has 5 rings (SSSR count). The van der Waals surface area contributed by atoms with E-state index in [1.807, 2.05) is 35.4 Å². The fourth-order valence-corrected chi connectivity index (χ4v) is 4.39. The van der Waals surface area contributed by atoms with E-state index in [0.29, 0.717) is 6.54 Å². The Morgan fingerprint density at radius 1 is 1.00 bits per heavy atom. The normalized spacial score (nSPS) is 18.2. The van der Waals surface area contributed by atoms with Crippen LogP contribution in [0.15, 0.2) is 30.5 Å². The molecular weight excluding hydrogens is 352 g/mol. The van der Waals surface area contributed by atoms with Gasteiger partial charge in [-0.05, 0) is 56.6 Å². The Bertz CT molecular complexity index is 984. The van der Waals surface area contributed by atoms with Crippen LogP contribution in [0.5, 0.6) is 0 Å². The van der Waals surface area contributed by atoms with E-state index in [9.17, 15) is 4.79 Å². The zero-order valence-corrected chi connectivity index (χ0v) is 16.1. The summed E-state index contributed by atoms with van der Waals surface area (Å²) in [5.74, 6) is 2.01. The van der Waals surface area contributed by atoms with Gasteiger partial charge in [-0.3, -0.25) is 9.69 Å². The number of nitrogens with zero attached hydrogens (tertiary/aromatic N) is 5. The summed E-state index contributed by atoms with van der Waals surface area (Å²) in [6.45, 7) is 5.31. The smallest absolute Gasteiger partial charge is 0.254 e. The first-order valence-corrected chi connectivity index (χ1v) is 10.3. The molecule has 146 valence electrons. The first-order chi connectivity index (χ1) is 13.8. The number of benzene rings is 1. The Morgan fingerprint density at radius 2 is 1.89 bits per heavy atom. The molecule has 1 N–H and O–H groups in total. The van der Waals surface area contributed by atoms with E-state index in [1.54, 1.807) is 0 Å². The summed E-state index contributed by atoms with van der Waals surface area (Å²) in [6, 6.07) is 7.84. The lowest BCUT2D eigenvalue weighted by Gasteiger charge is -2.25. The molecule has 7 heteroatoms. The van der Waals surface area contributed by atoms with Crippen molar-refractivity contribution in [1.82, 2.24) is 29.5 Å². The number of rotatable bonds is 3. The number of H-pyrrole nitrogens is 1. The summed E-state index contributed by atoms with van der Waals surface area (Å²) < 4.78 is 2.23. The number of likely N-dealkylation sites (tertiary alicyclic amines) is 1. The molecule has 1 fully saturated rings. The molecule has 1 amide bonds. The zero-order valence-electron chi connectivity index (χ0n) is 16.1. The van der Waals surface area contributed by atoms with Gasteiger partial charge in [0.25, 0.3) is 5.91 Å². The van der Waals surface area contributed by atoms with E-state index >= 15 is 0 Å². The molecule has 0 saturated carbocycles. The Hall–Kier alpha value is -2.67. The second-order valence-electron chi connectivity index (χ2n) is 7.88. The number of aromatic nitrogens is 4. The van der Waals surface area contributed by atoms with Crippen LogP contribution >= 0.6 is 0 Å². The van der Waals surface area contributed by atoms with E-state index in [4.69, 9.17) is 0 Å². The quantitative estimate of drug-likeness (QED) is 0.761. The van der Waals surface area contributed by atoms with Crippen molar-refractivity contribution in [2.75, 3.05) is 19.6 Å². The minimum Gasteiger partial charge on any atom is -0.361 e. The number of nitrogens with one attached hydrogen (secondary N) is 1. The van der Waals surface area contributed by atoms with Gasteiger partial charge in [-0.25, -0.2) is 0 Å². The fraction of sp³-hybridized carbons (Fsp3) is 0.476. The highest BCUT2D eigenvalue weighted by atomic mass is 16.2. The molecule has 1 saturated heterocycles. The highest BCUT2D eigenvalue weighted by molar-refractivity contribution is 5.98. The molecule has 7 nitrogen and oxygen atoms in total. The highest BCUT2D eigenvalue weighted by Crippen LogP contribution is 2.20. The van der Waals surface area contributed by atoms with Gasteiger partial charge in [-0.2, -0.15) is 0 Å². The number of amides is 1. The van der Waals surface area contributed by atoms with Gasteiger partial charge in [-0.1, -0.05) is 6.42 Å². The number of hydrogen-bond donors (Lipinski definition) is 1. The van der Waals surface area contributed by atoms with Gasteiger partial charge >= 0.3 is 0 Å². The van der Waals surface area contributed by atoms with E-state index in [2.05, 4.69) is 24.6 Å². The Balaban J connectivity index is 1.34. The molecule has 0 aliphatic carbocycles. The predicted octanol–water partition coefficient (Wildman–Crippen LogP) is 2.79. The molecule has 28 heavy (non-hydrogen) atoms. The second-order valence-corrected chi connectivity index (χ2v) is 7.88. The minimum absolute atomic E-state index is 0.0668. The average Bonchev–Trinajstić information content (AvgIpc) is 3.28. The summed E-state index contributed by atoms with van der Waals surface area (Å²) in [7, 11) is 0. The Morgan fingerprint density at radius 3 is 2.79 bits per heavy atom. The van der Waals surface area contributed by atoms with Crippen molar-refractivity contribution in [2.24, 2.45) is 0 Å². The van der Waals surface area contributed by atoms with Crippen molar-refractivity contribution in [3.05, 3.63) is 47.7 Å². The van der Waals surface area contributed by atoms with Crippen molar-refractivity contribution in [1.29, 1.82) is 0 Å². The number of carbonyl (C=O) groups excluding carboxylic acids is 1. The number of fused-ring (bicyclic) bond motifs is 2. The van der Waals surface area contributed by atoms with Crippen molar-refractivity contribution in [3.63, 3.8) is 0 Å². The van der Waals surface area contributed by atoms with Crippen LogP contribution in [0.25, 0.3) is 10.9 Å². The summed E-state index contributed by atoms with van der Waals surface area (Å²) in [6.07, 6.45) is 6.71. The van der Waals surface area contributed by atoms with Gasteiger partial charge in [-0.15, -0.1) is 10.2 Å². The van der Waals surface area contributed by atoms with Crippen LogP contribution in [-0.2, 0) is 19.6 Å². The monoisotopic (exact) mass is 378 g/mol. The third-order valence-corrected chi connectivity index (χ3v) is 5.95. The van der Waals surface area contributed by atoms with Crippen LogP contribution in [-0.4, -0.2) is 55.1 Å². The maximum Gasteiger partial charge on any atom is 0.254 e. The third-order valence-electron chi connectivity index (χ3n) is 5.95. The molecule has 0 unspecified atom stereocenters. The Labute approximate surface area is 164 Å². The van der Waals surface area contributed by atoms with Crippen molar-refractivity contribution >= 4 is 16.8 Å². The standard InChI is InChI=1S/C21H26N6O/c28-21(17-5-6-18-16(13-17)7-8-22-18)26-11-4-12-27-19(23-24-20(27)15-26)14-25-9-2-1-3-10-25/h5-8,13,22H,1-4,9-12,14-15H2. The van der Waals surface area contributed by atoms with E-state index in [1.165, 1.54) is 19.3 Å². The van der Waals surface area contributed by atoms with Crippen LogP contribution < -0.4 is 0 Å². The van der Waals surface area contributed by atoms with Crippen LogP contribution in [0.4, 0.5) is 0 Å². The summed E-state index contributed by atoms with van der Waals surface area (Å²) in [5.41, 5.74) is 1.78. The molecule has 2 aliphatic heterocycles. The van der Waals surface area contributed by atoms with E-state index < -0.39 is 0 Å². The molecule has 4 heterocycles. The predicted molar refractivity (Wildman–Crippen MR) is 107 cm³/mol.